The monoisotopic (exact) mass is 288 g/mol. The zero-order valence-electron chi connectivity index (χ0n) is 11.5. The number of nitrogens with one attached hydrogen (secondary N) is 1. The molecule has 0 spiro atoms. The topological polar surface area (TPSA) is 63.8 Å². The molecule has 4 aliphatic rings. The summed E-state index contributed by atoms with van der Waals surface area (Å²) in [5.74, 6) is 3.42. The van der Waals surface area contributed by atoms with E-state index in [0.717, 1.165) is 17.8 Å². The Kier molecular flexibility index (Phi) is 2.74. The summed E-state index contributed by atoms with van der Waals surface area (Å²) in [4.78, 5) is 9.15. The number of anilines is 1. The molecule has 106 valence electrons. The largest absolute Gasteiger partial charge is 0.388 e. The fourth-order valence-corrected chi connectivity index (χ4v) is 5.17. The van der Waals surface area contributed by atoms with Crippen molar-refractivity contribution in [3.8, 4) is 0 Å². The molecule has 4 saturated carbocycles. The van der Waals surface area contributed by atoms with Crippen LogP contribution in [0.25, 0.3) is 0 Å². The van der Waals surface area contributed by atoms with E-state index in [1.54, 1.807) is 12.3 Å². The van der Waals surface area contributed by atoms with E-state index in [1.807, 2.05) is 0 Å². The third-order valence-electron chi connectivity index (χ3n) is 5.32. The summed E-state index contributed by atoms with van der Waals surface area (Å²) >= 11 is 5.00. The number of nitrogens with two attached hydrogens (primary N) is 1. The van der Waals surface area contributed by atoms with Crippen molar-refractivity contribution in [2.75, 3.05) is 5.32 Å². The number of hydrogen-bond acceptors (Lipinski definition) is 4. The van der Waals surface area contributed by atoms with Gasteiger partial charge < -0.3 is 11.1 Å². The molecule has 1 aromatic heterocycles. The van der Waals surface area contributed by atoms with Gasteiger partial charge in [0.15, 0.2) is 0 Å². The summed E-state index contributed by atoms with van der Waals surface area (Å²) in [6.45, 7) is 0. The Labute approximate surface area is 124 Å². The molecule has 5 heteroatoms. The van der Waals surface area contributed by atoms with Crippen molar-refractivity contribution in [2.24, 2.45) is 23.5 Å². The van der Waals surface area contributed by atoms with Crippen molar-refractivity contribution in [1.82, 2.24) is 9.97 Å². The van der Waals surface area contributed by atoms with Crippen molar-refractivity contribution >= 4 is 23.2 Å². The van der Waals surface area contributed by atoms with Crippen molar-refractivity contribution in [2.45, 2.75) is 44.1 Å². The first-order chi connectivity index (χ1) is 9.62. The normalized spacial score (nSPS) is 37.9. The molecule has 0 unspecified atom stereocenters. The molecule has 3 N–H and O–H groups in total. The standard InChI is InChI=1S/C15H20N4S/c16-13(20)12-1-2-17-14(18-12)19-15-6-9-3-10(7-15)5-11(4-9)8-15/h1-2,9-11H,3-8H2,(H2,16,20)(H,17,18,19). The summed E-state index contributed by atoms with van der Waals surface area (Å²) in [6.07, 6.45) is 9.89. The number of thiocarbonyl (C=S) groups is 1. The second-order valence-corrected chi connectivity index (χ2v) is 7.39. The minimum atomic E-state index is 0.226. The highest BCUT2D eigenvalue weighted by atomic mass is 32.1. The van der Waals surface area contributed by atoms with Gasteiger partial charge in [-0.25, -0.2) is 9.97 Å². The van der Waals surface area contributed by atoms with E-state index in [-0.39, 0.29) is 5.54 Å². The Balaban J connectivity index is 1.59. The van der Waals surface area contributed by atoms with Crippen LogP contribution in [0.5, 0.6) is 0 Å². The molecule has 0 saturated heterocycles. The molecular formula is C15H20N4S. The van der Waals surface area contributed by atoms with Gasteiger partial charge in [-0.3, -0.25) is 0 Å². The zero-order valence-corrected chi connectivity index (χ0v) is 12.3. The first kappa shape index (κ1) is 12.5. The summed E-state index contributed by atoms with van der Waals surface area (Å²) < 4.78 is 0. The molecule has 1 aromatic rings. The molecule has 0 atom stereocenters. The second-order valence-electron chi connectivity index (χ2n) is 6.95. The molecule has 0 amide bonds. The van der Waals surface area contributed by atoms with Crippen molar-refractivity contribution in [3.63, 3.8) is 0 Å². The highest BCUT2D eigenvalue weighted by Gasteiger charge is 2.51. The van der Waals surface area contributed by atoms with Gasteiger partial charge >= 0.3 is 0 Å². The van der Waals surface area contributed by atoms with Gasteiger partial charge in [0, 0.05) is 11.7 Å². The Morgan fingerprint density at radius 3 is 2.35 bits per heavy atom. The van der Waals surface area contributed by atoms with Crippen LogP contribution in [0.2, 0.25) is 0 Å². The van der Waals surface area contributed by atoms with E-state index >= 15 is 0 Å². The average molecular weight is 288 g/mol. The van der Waals surface area contributed by atoms with Gasteiger partial charge in [-0.2, -0.15) is 0 Å². The molecule has 4 aliphatic carbocycles. The highest BCUT2D eigenvalue weighted by Crippen LogP contribution is 2.56. The van der Waals surface area contributed by atoms with Crippen LogP contribution in [0.15, 0.2) is 12.3 Å². The van der Waals surface area contributed by atoms with Gasteiger partial charge in [0.05, 0.1) is 0 Å². The van der Waals surface area contributed by atoms with Crippen LogP contribution in [0.3, 0.4) is 0 Å². The zero-order chi connectivity index (χ0) is 13.7. The Morgan fingerprint density at radius 1 is 1.20 bits per heavy atom. The Morgan fingerprint density at radius 2 is 1.80 bits per heavy atom. The molecule has 4 fully saturated rings. The maximum absolute atomic E-state index is 5.66. The predicted molar refractivity (Wildman–Crippen MR) is 82.4 cm³/mol. The SMILES string of the molecule is NC(=S)c1ccnc(NC23CC4CC(CC(C4)C2)C3)n1. The first-order valence-electron chi connectivity index (χ1n) is 7.53. The highest BCUT2D eigenvalue weighted by molar-refractivity contribution is 7.80. The van der Waals surface area contributed by atoms with E-state index in [4.69, 9.17) is 18.0 Å². The van der Waals surface area contributed by atoms with Crippen LogP contribution < -0.4 is 11.1 Å². The predicted octanol–water partition coefficient (Wildman–Crippen LogP) is 2.49. The van der Waals surface area contributed by atoms with Crippen LogP contribution >= 0.6 is 12.2 Å². The second kappa shape index (κ2) is 4.38. The fraction of sp³-hybridized carbons (Fsp3) is 0.667. The molecule has 0 aliphatic heterocycles. The lowest BCUT2D eigenvalue weighted by molar-refractivity contribution is 0.0103. The maximum Gasteiger partial charge on any atom is 0.223 e. The van der Waals surface area contributed by atoms with Gasteiger partial charge in [-0.15, -0.1) is 0 Å². The number of aromatic nitrogens is 2. The quantitative estimate of drug-likeness (QED) is 0.837. The lowest BCUT2D eigenvalue weighted by Gasteiger charge is -2.56. The van der Waals surface area contributed by atoms with Crippen molar-refractivity contribution in [1.29, 1.82) is 0 Å². The number of rotatable bonds is 3. The van der Waals surface area contributed by atoms with E-state index in [0.29, 0.717) is 16.6 Å². The van der Waals surface area contributed by atoms with Crippen molar-refractivity contribution < 1.29 is 0 Å². The van der Waals surface area contributed by atoms with Crippen LogP contribution in [0.1, 0.15) is 44.2 Å². The smallest absolute Gasteiger partial charge is 0.223 e. The minimum Gasteiger partial charge on any atom is -0.388 e. The van der Waals surface area contributed by atoms with Crippen LogP contribution in [0, 0.1) is 17.8 Å². The molecule has 1 heterocycles. The molecular weight excluding hydrogens is 268 g/mol. The number of nitrogens with zero attached hydrogens (tertiary/aromatic N) is 2. The van der Waals surface area contributed by atoms with Crippen LogP contribution in [-0.2, 0) is 0 Å². The summed E-state index contributed by atoms with van der Waals surface area (Å²) in [5.41, 5.74) is 6.54. The first-order valence-corrected chi connectivity index (χ1v) is 7.94. The van der Waals surface area contributed by atoms with Gasteiger partial charge in [0.1, 0.15) is 10.7 Å². The molecule has 5 rings (SSSR count). The molecule has 4 nitrogen and oxygen atoms in total. The lowest BCUT2D eigenvalue weighted by atomic mass is 9.53. The third-order valence-corrected chi connectivity index (χ3v) is 5.53. The van der Waals surface area contributed by atoms with Gasteiger partial charge in [-0.05, 0) is 62.3 Å². The van der Waals surface area contributed by atoms with Gasteiger partial charge in [0.2, 0.25) is 5.95 Å². The van der Waals surface area contributed by atoms with Gasteiger partial charge in [-0.1, -0.05) is 12.2 Å². The maximum atomic E-state index is 5.66. The summed E-state index contributed by atoms with van der Waals surface area (Å²) in [5, 5.41) is 3.64. The summed E-state index contributed by atoms with van der Waals surface area (Å²) in [7, 11) is 0. The fourth-order valence-electron chi connectivity index (χ4n) is 5.06. The van der Waals surface area contributed by atoms with Gasteiger partial charge in [0.25, 0.3) is 0 Å². The molecule has 0 radical (unpaired) electrons. The van der Waals surface area contributed by atoms with Crippen molar-refractivity contribution in [3.05, 3.63) is 18.0 Å². The Hall–Kier alpha value is -1.23. The van der Waals surface area contributed by atoms with Crippen LogP contribution in [0.4, 0.5) is 5.95 Å². The Bertz CT molecular complexity index is 521. The molecule has 4 bridgehead atoms. The molecule has 0 aromatic carbocycles. The lowest BCUT2D eigenvalue weighted by Crippen LogP contribution is -2.55. The van der Waals surface area contributed by atoms with Crippen LogP contribution in [-0.4, -0.2) is 20.5 Å². The molecule has 20 heavy (non-hydrogen) atoms. The third kappa shape index (κ3) is 2.08. The van der Waals surface area contributed by atoms with E-state index in [1.165, 1.54) is 38.5 Å². The average Bonchev–Trinajstić information content (AvgIpc) is 2.36. The summed E-state index contributed by atoms with van der Waals surface area (Å²) in [6, 6.07) is 1.77. The van der Waals surface area contributed by atoms with E-state index in [2.05, 4.69) is 15.3 Å². The minimum absolute atomic E-state index is 0.226. The van der Waals surface area contributed by atoms with E-state index < -0.39 is 0 Å². The van der Waals surface area contributed by atoms with E-state index in [9.17, 15) is 0 Å². The number of hydrogen-bond donors (Lipinski definition) is 2.